The lowest BCUT2D eigenvalue weighted by Crippen LogP contribution is -2.10. The molecule has 0 aliphatic rings. The minimum atomic E-state index is 1.01. The Labute approximate surface area is 297 Å². The zero-order chi connectivity index (χ0) is 34.0. The van der Waals surface area contributed by atoms with E-state index in [0.717, 1.165) is 5.69 Å². The van der Waals surface area contributed by atoms with Crippen molar-refractivity contribution in [3.8, 4) is 0 Å². The van der Waals surface area contributed by atoms with Gasteiger partial charge in [0.05, 0.1) is 0 Å². The van der Waals surface area contributed by atoms with Crippen molar-refractivity contribution in [2.45, 2.75) is 259 Å². The molecule has 47 heavy (non-hydrogen) atoms. The highest BCUT2D eigenvalue weighted by Crippen LogP contribution is 2.32. The monoisotopic (exact) mass is 653 g/mol. The number of hydrogen-bond donors (Lipinski definition) is 1. The molecule has 0 spiro atoms. The molecule has 0 unspecified atom stereocenters. The van der Waals surface area contributed by atoms with Crippen LogP contribution in [0.15, 0.2) is 0 Å². The van der Waals surface area contributed by atoms with Gasteiger partial charge in [0.2, 0.25) is 0 Å². The molecule has 0 fully saturated rings. The maximum atomic E-state index is 6.96. The van der Waals surface area contributed by atoms with Gasteiger partial charge in [-0.2, -0.15) is 0 Å². The van der Waals surface area contributed by atoms with E-state index in [1.165, 1.54) is 242 Å². The van der Waals surface area contributed by atoms with E-state index in [4.69, 9.17) is 5.73 Å². The number of rotatable bonds is 36. The molecule has 1 aromatic carbocycles. The van der Waals surface area contributed by atoms with Gasteiger partial charge in [-0.3, -0.25) is 0 Å². The molecule has 1 heteroatoms. The summed E-state index contributed by atoms with van der Waals surface area (Å²) in [6.07, 6.45) is 49.3. The molecule has 0 saturated heterocycles. The smallest absolute Gasteiger partial charge is 0.0432 e. The first-order valence-electron chi connectivity index (χ1n) is 22.0. The molecular formula is C46H86N. The minimum Gasteiger partial charge on any atom is -0.398 e. The van der Waals surface area contributed by atoms with Gasteiger partial charge in [-0.15, -0.1) is 0 Å². The summed E-state index contributed by atoms with van der Waals surface area (Å²) in [6.45, 7) is 9.28. The number of nitrogen functional groups attached to an aromatic ring is 1. The number of nitrogens with two attached hydrogens (primary N) is 1. The molecule has 1 radical (unpaired) electrons. The fourth-order valence-electron chi connectivity index (χ4n) is 7.69. The van der Waals surface area contributed by atoms with E-state index in [0.29, 0.717) is 0 Å². The predicted molar refractivity (Wildman–Crippen MR) is 215 cm³/mol. The highest BCUT2D eigenvalue weighted by Gasteiger charge is 2.17. The van der Waals surface area contributed by atoms with Crippen LogP contribution in [0.2, 0.25) is 0 Å². The van der Waals surface area contributed by atoms with Crippen LogP contribution < -0.4 is 5.73 Å². The quantitative estimate of drug-likeness (QED) is 0.0566. The number of hydrogen-bond acceptors (Lipinski definition) is 1. The van der Waals surface area contributed by atoms with E-state index < -0.39 is 0 Å². The van der Waals surface area contributed by atoms with Crippen molar-refractivity contribution < 1.29 is 0 Å². The van der Waals surface area contributed by atoms with E-state index in [2.05, 4.69) is 33.8 Å². The van der Waals surface area contributed by atoms with E-state index in [9.17, 15) is 0 Å². The van der Waals surface area contributed by atoms with E-state index in [-0.39, 0.29) is 0 Å². The third kappa shape index (κ3) is 23.9. The standard InChI is InChI=1S/C46H86N/c1-5-9-13-17-21-25-29-33-37-42-41-46(47)45(40-36-32-28-24-20-16-12-8-4)44(39-35-31-27-23-19-15-11-7-3)43(42)38-34-30-26-22-18-14-10-6-2/h5-40,47H2,1-4H3. The summed E-state index contributed by atoms with van der Waals surface area (Å²) in [6, 6.07) is 3.86. The predicted octanol–water partition coefficient (Wildman–Crippen LogP) is 15.8. The Kier molecular flexibility index (Phi) is 31.4. The number of anilines is 1. The Balaban J connectivity index is 2.96. The minimum absolute atomic E-state index is 1.01. The first kappa shape index (κ1) is 44.0. The summed E-state index contributed by atoms with van der Waals surface area (Å²) in [4.78, 5) is 0. The Morgan fingerprint density at radius 1 is 0.298 bits per heavy atom. The van der Waals surface area contributed by atoms with Crippen LogP contribution in [0.3, 0.4) is 0 Å². The fraction of sp³-hybridized carbons (Fsp3) is 0.870. The Bertz CT molecular complexity index is 795. The van der Waals surface area contributed by atoms with Gasteiger partial charge >= 0.3 is 0 Å². The first-order chi connectivity index (χ1) is 23.2. The summed E-state index contributed by atoms with van der Waals surface area (Å²) < 4.78 is 0. The van der Waals surface area contributed by atoms with Crippen LogP contribution in [0.5, 0.6) is 0 Å². The largest absolute Gasteiger partial charge is 0.398 e. The van der Waals surface area contributed by atoms with Crippen molar-refractivity contribution in [3.63, 3.8) is 0 Å². The molecule has 0 atom stereocenters. The molecule has 0 amide bonds. The zero-order valence-corrected chi connectivity index (χ0v) is 33.0. The van der Waals surface area contributed by atoms with Gasteiger partial charge in [-0.25, -0.2) is 0 Å². The van der Waals surface area contributed by atoms with Gasteiger partial charge in [0, 0.05) is 11.8 Å². The highest BCUT2D eigenvalue weighted by molar-refractivity contribution is 5.57. The van der Waals surface area contributed by atoms with Gasteiger partial charge in [0.15, 0.2) is 0 Å². The molecule has 0 aromatic heterocycles. The lowest BCUT2D eigenvalue weighted by molar-refractivity contribution is 0.564. The number of aryl methyl sites for hydroxylation is 1. The van der Waals surface area contributed by atoms with Crippen molar-refractivity contribution >= 4 is 5.69 Å². The number of unbranched alkanes of at least 4 members (excludes halogenated alkanes) is 28. The molecule has 0 saturated carbocycles. The first-order valence-corrected chi connectivity index (χ1v) is 22.0. The summed E-state index contributed by atoms with van der Waals surface area (Å²) in [5, 5.41) is 0. The van der Waals surface area contributed by atoms with Gasteiger partial charge in [0.25, 0.3) is 0 Å². The maximum absolute atomic E-state index is 6.96. The van der Waals surface area contributed by atoms with Crippen LogP contribution in [0, 0.1) is 6.07 Å². The average Bonchev–Trinajstić information content (AvgIpc) is 3.07. The summed E-state index contributed by atoms with van der Waals surface area (Å²) in [5.74, 6) is 0. The van der Waals surface area contributed by atoms with Gasteiger partial charge in [-0.1, -0.05) is 207 Å². The van der Waals surface area contributed by atoms with Gasteiger partial charge in [-0.05, 0) is 73.6 Å². The molecule has 275 valence electrons. The maximum Gasteiger partial charge on any atom is 0.0432 e. The van der Waals surface area contributed by atoms with Crippen molar-refractivity contribution in [2.75, 3.05) is 5.73 Å². The normalized spacial score (nSPS) is 11.6. The molecule has 0 aliphatic carbocycles. The van der Waals surface area contributed by atoms with E-state index in [1.54, 1.807) is 11.1 Å². The van der Waals surface area contributed by atoms with E-state index >= 15 is 0 Å². The van der Waals surface area contributed by atoms with Crippen LogP contribution in [0.1, 0.15) is 255 Å². The zero-order valence-electron chi connectivity index (χ0n) is 33.0. The summed E-state index contributed by atoms with van der Waals surface area (Å²) in [7, 11) is 0. The molecule has 0 bridgehead atoms. The molecule has 0 heterocycles. The van der Waals surface area contributed by atoms with Crippen molar-refractivity contribution in [2.24, 2.45) is 0 Å². The summed E-state index contributed by atoms with van der Waals surface area (Å²) in [5.41, 5.74) is 14.4. The molecular weight excluding hydrogens is 567 g/mol. The van der Waals surface area contributed by atoms with Gasteiger partial charge < -0.3 is 5.73 Å². The third-order valence-corrected chi connectivity index (χ3v) is 10.8. The lowest BCUT2D eigenvalue weighted by Gasteiger charge is -2.22. The highest BCUT2D eigenvalue weighted by atomic mass is 14.6. The fourth-order valence-corrected chi connectivity index (χ4v) is 7.69. The van der Waals surface area contributed by atoms with Crippen molar-refractivity contribution in [1.82, 2.24) is 0 Å². The molecule has 1 aromatic rings. The van der Waals surface area contributed by atoms with Crippen LogP contribution in [-0.4, -0.2) is 0 Å². The topological polar surface area (TPSA) is 26.0 Å². The Morgan fingerprint density at radius 3 is 0.894 bits per heavy atom. The molecule has 1 rings (SSSR count). The Hall–Kier alpha value is -0.980. The molecule has 2 N–H and O–H groups in total. The second kappa shape index (κ2) is 33.5. The van der Waals surface area contributed by atoms with Crippen LogP contribution in [-0.2, 0) is 25.7 Å². The van der Waals surface area contributed by atoms with Crippen LogP contribution >= 0.6 is 0 Å². The SMILES string of the molecule is CCCCCCCCCCc1[c]c(N)c(CCCCCCCCCC)c(CCCCCCCCCC)c1CCCCCCCCCC. The van der Waals surface area contributed by atoms with Gasteiger partial charge in [0.1, 0.15) is 0 Å². The molecule has 0 aliphatic heterocycles. The van der Waals surface area contributed by atoms with Crippen molar-refractivity contribution in [1.29, 1.82) is 0 Å². The lowest BCUT2D eigenvalue weighted by atomic mass is 9.84. The van der Waals surface area contributed by atoms with Crippen molar-refractivity contribution in [3.05, 3.63) is 28.3 Å². The summed E-state index contributed by atoms with van der Waals surface area (Å²) >= 11 is 0. The van der Waals surface area contributed by atoms with E-state index in [1.807, 2.05) is 0 Å². The third-order valence-electron chi connectivity index (χ3n) is 10.8. The second-order valence-corrected chi connectivity index (χ2v) is 15.4. The van der Waals surface area contributed by atoms with Crippen LogP contribution in [0.4, 0.5) is 5.69 Å². The average molecular weight is 653 g/mol. The molecule has 1 nitrogen and oxygen atoms in total. The second-order valence-electron chi connectivity index (χ2n) is 15.4. The Morgan fingerprint density at radius 2 is 0.553 bits per heavy atom. The van der Waals surface area contributed by atoms with Crippen LogP contribution in [0.25, 0.3) is 0 Å². The number of benzene rings is 1.